The number of anilines is 4. The fraction of sp³-hybridized carbons (Fsp3) is 0.364. The SMILES string of the molecule is CCN(C)S(=O)(=O)Nc1ccc(F)c(Oc2ccc3ncn(-c4cnc(N5CCN(C(=O)CN6CCC(c7ccc(N[C@H]8CCC(=O)NC8=O)cc7F)CC6)CC5)nc4)c(=O)c3c2N)c1C#N. The van der Waals surface area contributed by atoms with Crippen molar-refractivity contribution in [3.8, 4) is 23.3 Å². The lowest BCUT2D eigenvalue weighted by atomic mass is 9.89. The van der Waals surface area contributed by atoms with E-state index in [1.807, 2.05) is 4.90 Å². The number of nitrogens with two attached hydrogens (primary N) is 1. The number of aromatic nitrogens is 4. The number of carbonyl (C=O) groups excluding carboxylic acids is 3. The Kier molecular flexibility index (Phi) is 13.3. The number of piperazine rings is 1. The maximum Gasteiger partial charge on any atom is 0.301 e. The average molecular weight is 940 g/mol. The molecule has 2 aromatic heterocycles. The number of benzene rings is 3. The molecule has 3 amide bonds. The summed E-state index contributed by atoms with van der Waals surface area (Å²) < 4.78 is 66.0. The first-order valence-electron chi connectivity index (χ1n) is 21.6. The molecule has 0 bridgehead atoms. The van der Waals surface area contributed by atoms with E-state index < -0.39 is 44.8 Å². The number of nitrogens with one attached hydrogen (secondary N) is 3. The summed E-state index contributed by atoms with van der Waals surface area (Å²) in [7, 11) is -2.74. The van der Waals surface area contributed by atoms with Crippen LogP contribution < -0.4 is 36.3 Å². The van der Waals surface area contributed by atoms with Crippen LogP contribution in [0.1, 0.15) is 49.7 Å². The third kappa shape index (κ3) is 9.81. The molecule has 20 nitrogen and oxygen atoms in total. The highest BCUT2D eigenvalue weighted by Gasteiger charge is 2.30. The molecule has 3 saturated heterocycles. The third-order valence-corrected chi connectivity index (χ3v) is 13.8. The van der Waals surface area contributed by atoms with Crippen molar-refractivity contribution < 1.29 is 36.3 Å². The number of nitriles is 1. The van der Waals surface area contributed by atoms with E-state index in [1.54, 1.807) is 30.0 Å². The zero-order valence-corrected chi connectivity index (χ0v) is 37.4. The second-order valence-corrected chi connectivity index (χ2v) is 18.1. The van der Waals surface area contributed by atoms with E-state index in [1.165, 1.54) is 48.5 Å². The van der Waals surface area contributed by atoms with Crippen molar-refractivity contribution in [3.63, 3.8) is 0 Å². The van der Waals surface area contributed by atoms with Gasteiger partial charge in [0, 0.05) is 51.9 Å². The standard InChI is InChI=1S/C44H47F2N13O7S/c1-3-55(2)67(64,65)54-33-7-6-31(45)41(30(33)21-47)66-36-10-8-34-39(40(36)48)43(63)59(25-51-34)28-22-49-44(50-23-28)58-18-16-57(17-19-58)38(61)24-56-14-12-26(13-15-56)29-5-4-27(20-32(29)46)52-35-9-11-37(60)53-42(35)62/h4-8,10,20,22-23,25-26,35,52,54H,3,9,11-19,24,48H2,1-2H3,(H,53,60,62)/t35-/m0/s1. The van der Waals surface area contributed by atoms with E-state index in [4.69, 9.17) is 10.5 Å². The van der Waals surface area contributed by atoms with Crippen molar-refractivity contribution in [1.82, 2.24) is 38.9 Å². The van der Waals surface area contributed by atoms with Gasteiger partial charge in [-0.25, -0.2) is 23.7 Å². The van der Waals surface area contributed by atoms with Crippen LogP contribution in [0, 0.1) is 23.0 Å². The molecule has 5 aromatic rings. The van der Waals surface area contributed by atoms with Crippen molar-refractivity contribution >= 4 is 61.8 Å². The van der Waals surface area contributed by atoms with Gasteiger partial charge in [0.15, 0.2) is 17.3 Å². The summed E-state index contributed by atoms with van der Waals surface area (Å²) in [6.45, 7) is 5.08. The second-order valence-electron chi connectivity index (χ2n) is 16.4. The van der Waals surface area contributed by atoms with E-state index in [0.717, 1.165) is 16.4 Å². The summed E-state index contributed by atoms with van der Waals surface area (Å²) >= 11 is 0. The molecule has 3 fully saturated rings. The molecular weight excluding hydrogens is 893 g/mol. The lowest BCUT2D eigenvalue weighted by Gasteiger charge is -2.37. The Hall–Kier alpha value is -7.29. The second kappa shape index (κ2) is 19.3. The summed E-state index contributed by atoms with van der Waals surface area (Å²) in [4.78, 5) is 70.0. The molecule has 8 rings (SSSR count). The fourth-order valence-electron chi connectivity index (χ4n) is 8.27. The van der Waals surface area contributed by atoms with Crippen LogP contribution in [0.4, 0.5) is 31.8 Å². The molecule has 3 aliphatic rings. The number of carbonyl (C=O) groups is 3. The van der Waals surface area contributed by atoms with E-state index in [0.29, 0.717) is 75.7 Å². The van der Waals surface area contributed by atoms with Gasteiger partial charge in [-0.15, -0.1) is 0 Å². The average Bonchev–Trinajstić information content (AvgIpc) is 3.32. The normalized spacial score (nSPS) is 17.3. The molecule has 3 aliphatic heterocycles. The van der Waals surface area contributed by atoms with Crippen molar-refractivity contribution in [3.05, 3.63) is 94.3 Å². The number of fused-ring (bicyclic) bond motifs is 1. The molecule has 0 saturated carbocycles. The quantitative estimate of drug-likeness (QED) is 0.0978. The predicted molar refractivity (Wildman–Crippen MR) is 243 cm³/mol. The van der Waals surface area contributed by atoms with Crippen LogP contribution in [0.25, 0.3) is 16.6 Å². The molecule has 350 valence electrons. The molecule has 0 spiro atoms. The minimum absolute atomic E-state index is 0.00695. The summed E-state index contributed by atoms with van der Waals surface area (Å²) in [5.41, 5.74) is 6.46. The van der Waals surface area contributed by atoms with E-state index in [-0.39, 0.29) is 76.8 Å². The largest absolute Gasteiger partial charge is 0.451 e. The molecular formula is C44H47F2N13O7S. The van der Waals surface area contributed by atoms with Crippen LogP contribution in [0.3, 0.4) is 0 Å². The van der Waals surface area contributed by atoms with Gasteiger partial charge < -0.3 is 25.6 Å². The fourth-order valence-corrected chi connectivity index (χ4v) is 9.21. The smallest absolute Gasteiger partial charge is 0.301 e. The zero-order valence-electron chi connectivity index (χ0n) is 36.5. The summed E-state index contributed by atoms with van der Waals surface area (Å²) in [5.74, 6) is -2.50. The zero-order chi connectivity index (χ0) is 47.6. The Morgan fingerprint density at radius 1 is 0.985 bits per heavy atom. The van der Waals surface area contributed by atoms with Crippen LogP contribution in [0.15, 0.2) is 66.0 Å². The summed E-state index contributed by atoms with van der Waals surface area (Å²) in [5, 5.41) is 15.2. The number of ether oxygens (including phenoxy) is 1. The first-order valence-corrected chi connectivity index (χ1v) is 23.0. The lowest BCUT2D eigenvalue weighted by molar-refractivity contribution is -0.134. The van der Waals surface area contributed by atoms with Gasteiger partial charge in [0.25, 0.3) is 5.56 Å². The van der Waals surface area contributed by atoms with Crippen molar-refractivity contribution in [1.29, 1.82) is 5.26 Å². The Morgan fingerprint density at radius 2 is 1.72 bits per heavy atom. The van der Waals surface area contributed by atoms with Crippen molar-refractivity contribution in [2.24, 2.45) is 0 Å². The number of halogens is 2. The lowest BCUT2D eigenvalue weighted by Crippen LogP contribution is -2.52. The first-order chi connectivity index (χ1) is 32.1. The Labute approximate surface area is 383 Å². The molecule has 5 N–H and O–H groups in total. The number of nitrogen functional groups attached to an aromatic ring is 1. The summed E-state index contributed by atoms with van der Waals surface area (Å²) in [6, 6.07) is 10.9. The molecule has 0 unspecified atom stereocenters. The maximum atomic E-state index is 15.3. The molecule has 67 heavy (non-hydrogen) atoms. The number of likely N-dealkylation sites (tertiary alicyclic amines) is 1. The highest BCUT2D eigenvalue weighted by Crippen LogP contribution is 2.38. The number of piperidine rings is 2. The van der Waals surface area contributed by atoms with Crippen LogP contribution in [0.2, 0.25) is 0 Å². The number of nitrogens with zero attached hydrogens (tertiary/aromatic N) is 9. The Bertz CT molecular complexity index is 2950. The molecule has 0 radical (unpaired) electrons. The van der Waals surface area contributed by atoms with Crippen LogP contribution in [-0.4, -0.2) is 125 Å². The first kappa shape index (κ1) is 46.2. The number of hydrogen-bond donors (Lipinski definition) is 4. The van der Waals surface area contributed by atoms with E-state index in [9.17, 15) is 32.9 Å². The highest BCUT2D eigenvalue weighted by molar-refractivity contribution is 7.90. The predicted octanol–water partition coefficient (Wildman–Crippen LogP) is 3.05. The number of rotatable bonds is 13. The topological polar surface area (TPSA) is 254 Å². The van der Waals surface area contributed by atoms with E-state index in [2.05, 4.69) is 35.2 Å². The van der Waals surface area contributed by atoms with Gasteiger partial charge in [-0.2, -0.15) is 18.0 Å². The van der Waals surface area contributed by atoms with Gasteiger partial charge in [-0.3, -0.25) is 38.7 Å². The van der Waals surface area contributed by atoms with Gasteiger partial charge in [0.2, 0.25) is 23.7 Å². The Morgan fingerprint density at radius 3 is 2.39 bits per heavy atom. The molecule has 5 heterocycles. The van der Waals surface area contributed by atoms with Crippen molar-refractivity contribution in [2.45, 2.75) is 44.6 Å². The Balaban J connectivity index is 0.860. The van der Waals surface area contributed by atoms with Crippen LogP contribution in [-0.2, 0) is 24.6 Å². The molecule has 0 aliphatic carbocycles. The minimum atomic E-state index is -4.08. The number of hydrogen-bond acceptors (Lipinski definition) is 15. The molecule has 3 aromatic carbocycles. The summed E-state index contributed by atoms with van der Waals surface area (Å²) in [6.07, 6.45) is 6.11. The van der Waals surface area contributed by atoms with Gasteiger partial charge >= 0.3 is 10.2 Å². The van der Waals surface area contributed by atoms with E-state index >= 15 is 8.78 Å². The van der Waals surface area contributed by atoms with Gasteiger partial charge in [-0.1, -0.05) is 13.0 Å². The van der Waals surface area contributed by atoms with Gasteiger partial charge in [0.1, 0.15) is 29.8 Å². The molecule has 23 heteroatoms. The van der Waals surface area contributed by atoms with Crippen LogP contribution >= 0.6 is 0 Å². The van der Waals surface area contributed by atoms with Gasteiger partial charge in [0.05, 0.1) is 46.9 Å². The third-order valence-electron chi connectivity index (χ3n) is 12.2. The number of amides is 3. The number of imide groups is 1. The van der Waals surface area contributed by atoms with Gasteiger partial charge in [-0.05, 0) is 80.2 Å². The maximum absolute atomic E-state index is 15.3. The van der Waals surface area contributed by atoms with Crippen LogP contribution in [0.5, 0.6) is 11.5 Å². The van der Waals surface area contributed by atoms with Crippen molar-refractivity contribution in [2.75, 3.05) is 80.1 Å². The minimum Gasteiger partial charge on any atom is -0.451 e. The molecule has 1 atom stereocenters. The monoisotopic (exact) mass is 939 g/mol. The highest BCUT2D eigenvalue weighted by atomic mass is 32.2.